The number of urea groups is 1. The van der Waals surface area contributed by atoms with Gasteiger partial charge in [0.1, 0.15) is 0 Å². The minimum absolute atomic E-state index is 0.181. The molecule has 2 fully saturated rings. The van der Waals surface area contributed by atoms with E-state index in [1.807, 2.05) is 20.8 Å². The monoisotopic (exact) mass is 421 g/mol. The van der Waals surface area contributed by atoms with Crippen LogP contribution < -0.4 is 0 Å². The number of nitrogens with zero attached hydrogens (tertiary/aromatic N) is 3. The van der Waals surface area contributed by atoms with Crippen molar-refractivity contribution in [3.8, 4) is 0 Å². The second kappa shape index (κ2) is 8.44. The van der Waals surface area contributed by atoms with Crippen molar-refractivity contribution in [2.45, 2.75) is 63.3 Å². The van der Waals surface area contributed by atoms with E-state index in [0.717, 1.165) is 32.1 Å². The first-order chi connectivity index (χ1) is 13.6. The molecule has 2 aliphatic rings. The van der Waals surface area contributed by atoms with Crippen LogP contribution in [-0.2, 0) is 10.0 Å². The first kappa shape index (κ1) is 21.8. The molecule has 0 N–H and O–H groups in total. The molecule has 0 spiro atoms. The maximum atomic E-state index is 13.2. The Kier molecular flexibility index (Phi) is 6.33. The second-order valence-corrected chi connectivity index (χ2v) is 10.7. The van der Waals surface area contributed by atoms with Gasteiger partial charge in [-0.25, -0.2) is 13.2 Å². The summed E-state index contributed by atoms with van der Waals surface area (Å²) in [5.41, 5.74) is -0.378. The van der Waals surface area contributed by atoms with E-state index in [1.54, 1.807) is 4.90 Å². The van der Waals surface area contributed by atoms with Gasteiger partial charge in [-0.05, 0) is 77.1 Å². The van der Waals surface area contributed by atoms with E-state index in [-0.39, 0.29) is 10.9 Å². The van der Waals surface area contributed by atoms with Crippen molar-refractivity contribution in [3.63, 3.8) is 0 Å². The van der Waals surface area contributed by atoms with Crippen LogP contribution in [0.3, 0.4) is 0 Å². The van der Waals surface area contributed by atoms with Gasteiger partial charge in [0.25, 0.3) is 5.91 Å². The van der Waals surface area contributed by atoms with E-state index in [0.29, 0.717) is 31.7 Å². The van der Waals surface area contributed by atoms with Crippen molar-refractivity contribution < 1.29 is 18.0 Å². The molecule has 0 radical (unpaired) electrons. The molecule has 160 valence electrons. The molecule has 0 bridgehead atoms. The number of piperidine rings is 1. The summed E-state index contributed by atoms with van der Waals surface area (Å²) < 4.78 is 26.9. The van der Waals surface area contributed by atoms with Gasteiger partial charge in [-0.15, -0.1) is 0 Å². The zero-order valence-electron chi connectivity index (χ0n) is 17.6. The third-order valence-electron chi connectivity index (χ3n) is 5.50. The zero-order chi connectivity index (χ0) is 21.2. The lowest BCUT2D eigenvalue weighted by molar-refractivity contribution is 0.0592. The van der Waals surface area contributed by atoms with E-state index in [2.05, 4.69) is 0 Å². The predicted molar refractivity (Wildman–Crippen MR) is 111 cm³/mol. The van der Waals surface area contributed by atoms with E-state index in [1.165, 1.54) is 33.5 Å². The number of hydrogen-bond acceptors (Lipinski definition) is 4. The van der Waals surface area contributed by atoms with Gasteiger partial charge in [0.15, 0.2) is 0 Å². The fourth-order valence-electron chi connectivity index (χ4n) is 3.88. The molecule has 1 aromatic carbocycles. The molecule has 2 heterocycles. The van der Waals surface area contributed by atoms with Crippen LogP contribution in [0.1, 0.15) is 63.2 Å². The fraction of sp³-hybridized carbons (Fsp3) is 0.619. The molecule has 0 unspecified atom stereocenters. The van der Waals surface area contributed by atoms with Gasteiger partial charge in [-0.1, -0.05) is 0 Å². The molecule has 2 aliphatic heterocycles. The molecular weight excluding hydrogens is 390 g/mol. The average Bonchev–Trinajstić information content (AvgIpc) is 3.23. The van der Waals surface area contributed by atoms with Crippen molar-refractivity contribution in [2.24, 2.45) is 0 Å². The van der Waals surface area contributed by atoms with Gasteiger partial charge in [0.05, 0.1) is 4.90 Å². The Morgan fingerprint density at radius 3 is 1.90 bits per heavy atom. The highest BCUT2D eigenvalue weighted by Gasteiger charge is 2.36. The van der Waals surface area contributed by atoms with E-state index in [4.69, 9.17) is 0 Å². The SMILES string of the molecule is CC(C)(C)N(C(=O)c1ccc(S(=O)(=O)N2CCCC2)cc1)C(=O)N1CCCCC1. The Morgan fingerprint density at radius 2 is 1.38 bits per heavy atom. The van der Waals surface area contributed by atoms with E-state index < -0.39 is 21.5 Å². The minimum atomic E-state index is -3.53. The number of hydrogen-bond donors (Lipinski definition) is 0. The maximum absolute atomic E-state index is 13.2. The summed E-state index contributed by atoms with van der Waals surface area (Å²) in [6.07, 6.45) is 4.73. The third-order valence-corrected chi connectivity index (χ3v) is 7.41. The zero-order valence-corrected chi connectivity index (χ0v) is 18.4. The molecule has 8 heteroatoms. The highest BCUT2D eigenvalue weighted by Crippen LogP contribution is 2.24. The highest BCUT2D eigenvalue weighted by molar-refractivity contribution is 7.89. The van der Waals surface area contributed by atoms with Crippen LogP contribution in [0.4, 0.5) is 4.79 Å². The normalized spacial score (nSPS) is 18.7. The molecule has 0 aliphatic carbocycles. The van der Waals surface area contributed by atoms with Gasteiger partial charge in [0, 0.05) is 37.3 Å². The first-order valence-corrected chi connectivity index (χ1v) is 11.8. The quantitative estimate of drug-likeness (QED) is 0.750. The van der Waals surface area contributed by atoms with Crippen molar-refractivity contribution in [1.82, 2.24) is 14.1 Å². The highest BCUT2D eigenvalue weighted by atomic mass is 32.2. The number of benzene rings is 1. The van der Waals surface area contributed by atoms with Crippen LogP contribution in [0.15, 0.2) is 29.2 Å². The largest absolute Gasteiger partial charge is 0.327 e. The molecule has 0 saturated carbocycles. The Bertz CT molecular complexity index is 847. The summed E-state index contributed by atoms with van der Waals surface area (Å²) in [4.78, 5) is 29.5. The topological polar surface area (TPSA) is 78.0 Å². The number of carbonyl (C=O) groups is 2. The smallest absolute Gasteiger partial charge is 0.324 e. The van der Waals surface area contributed by atoms with Crippen LogP contribution in [-0.4, -0.2) is 66.2 Å². The number of carbonyl (C=O) groups excluding carboxylic acids is 2. The lowest BCUT2D eigenvalue weighted by Crippen LogP contribution is -2.55. The lowest BCUT2D eigenvalue weighted by Gasteiger charge is -2.39. The number of sulfonamides is 1. The average molecular weight is 422 g/mol. The predicted octanol–water partition coefficient (Wildman–Crippen LogP) is 3.32. The van der Waals surface area contributed by atoms with Gasteiger partial charge < -0.3 is 4.90 Å². The molecule has 7 nitrogen and oxygen atoms in total. The molecule has 0 atom stereocenters. The first-order valence-electron chi connectivity index (χ1n) is 10.4. The Hall–Kier alpha value is -1.93. The summed E-state index contributed by atoms with van der Waals surface area (Å²) in [6.45, 7) is 7.88. The molecule has 3 rings (SSSR count). The van der Waals surface area contributed by atoms with Crippen LogP contribution in [0.25, 0.3) is 0 Å². The lowest BCUT2D eigenvalue weighted by atomic mass is 10.0. The molecule has 1 aromatic rings. The second-order valence-electron chi connectivity index (χ2n) is 8.78. The Labute approximate surface area is 173 Å². The molecule has 29 heavy (non-hydrogen) atoms. The summed E-state index contributed by atoms with van der Waals surface area (Å²) >= 11 is 0. The van der Waals surface area contributed by atoms with Crippen LogP contribution in [0.5, 0.6) is 0 Å². The van der Waals surface area contributed by atoms with Crippen molar-refractivity contribution in [1.29, 1.82) is 0 Å². The molecule has 2 saturated heterocycles. The standard InChI is InChI=1S/C21H31N3O4S/c1-21(2,3)24(20(26)22-13-5-4-6-14-22)19(25)17-9-11-18(12-10-17)29(27,28)23-15-7-8-16-23/h9-12H,4-8,13-16H2,1-3H3. The summed E-state index contributed by atoms with van der Waals surface area (Å²) in [7, 11) is -3.53. The van der Waals surface area contributed by atoms with Gasteiger partial charge in [-0.2, -0.15) is 4.31 Å². The van der Waals surface area contributed by atoms with Crippen LogP contribution in [0.2, 0.25) is 0 Å². The third kappa shape index (κ3) is 4.64. The van der Waals surface area contributed by atoms with Crippen LogP contribution in [0, 0.1) is 0 Å². The summed E-state index contributed by atoms with van der Waals surface area (Å²) in [5.74, 6) is -0.404. The Balaban J connectivity index is 1.83. The van der Waals surface area contributed by atoms with Crippen molar-refractivity contribution in [3.05, 3.63) is 29.8 Å². The molecule has 3 amide bonds. The van der Waals surface area contributed by atoms with Gasteiger partial charge in [0.2, 0.25) is 10.0 Å². The number of rotatable bonds is 3. The van der Waals surface area contributed by atoms with E-state index in [9.17, 15) is 18.0 Å². The summed E-state index contributed by atoms with van der Waals surface area (Å²) in [6, 6.07) is 5.66. The summed E-state index contributed by atoms with van der Waals surface area (Å²) in [5, 5.41) is 0. The molecular formula is C21H31N3O4S. The van der Waals surface area contributed by atoms with E-state index >= 15 is 0 Å². The Morgan fingerprint density at radius 1 is 0.862 bits per heavy atom. The van der Waals surface area contributed by atoms with Gasteiger partial charge in [-0.3, -0.25) is 9.69 Å². The fourth-order valence-corrected chi connectivity index (χ4v) is 5.40. The number of amides is 3. The number of imide groups is 1. The number of likely N-dealkylation sites (tertiary alicyclic amines) is 1. The van der Waals surface area contributed by atoms with Crippen LogP contribution >= 0.6 is 0 Å². The van der Waals surface area contributed by atoms with Crippen molar-refractivity contribution in [2.75, 3.05) is 26.2 Å². The maximum Gasteiger partial charge on any atom is 0.327 e. The van der Waals surface area contributed by atoms with Gasteiger partial charge >= 0.3 is 6.03 Å². The van der Waals surface area contributed by atoms with Crippen molar-refractivity contribution >= 4 is 22.0 Å². The molecule has 0 aromatic heterocycles. The minimum Gasteiger partial charge on any atom is -0.324 e.